The molecule has 3 heterocycles. The van der Waals surface area contributed by atoms with E-state index in [4.69, 9.17) is 4.74 Å². The van der Waals surface area contributed by atoms with Crippen molar-refractivity contribution in [2.24, 2.45) is 0 Å². The fourth-order valence-corrected chi connectivity index (χ4v) is 4.38. The number of hydrogen-bond donors (Lipinski definition) is 0. The predicted octanol–water partition coefficient (Wildman–Crippen LogP) is 4.37. The number of aromatic nitrogens is 2. The zero-order valence-corrected chi connectivity index (χ0v) is 17.1. The van der Waals surface area contributed by atoms with Crippen LogP contribution in [0.25, 0.3) is 5.69 Å². The van der Waals surface area contributed by atoms with E-state index < -0.39 is 0 Å². The fraction of sp³-hybridized carbons (Fsp3) is 0.364. The molecule has 0 radical (unpaired) electrons. The van der Waals surface area contributed by atoms with Crippen LogP contribution in [0.1, 0.15) is 39.5 Å². The van der Waals surface area contributed by atoms with Crippen LogP contribution in [-0.4, -0.2) is 39.8 Å². The van der Waals surface area contributed by atoms with Crippen molar-refractivity contribution in [1.29, 1.82) is 0 Å². The molecule has 1 atom stereocenters. The lowest BCUT2D eigenvalue weighted by molar-refractivity contribution is 0.0509. The number of rotatable bonds is 6. The lowest BCUT2D eigenvalue weighted by atomic mass is 10.1. The number of nitrogens with zero attached hydrogens (tertiary/aromatic N) is 3. The minimum atomic E-state index is 0.0452. The van der Waals surface area contributed by atoms with E-state index >= 15 is 0 Å². The summed E-state index contributed by atoms with van der Waals surface area (Å²) in [7, 11) is 0. The second-order valence-electron chi connectivity index (χ2n) is 7.29. The van der Waals surface area contributed by atoms with Gasteiger partial charge in [-0.15, -0.1) is 11.3 Å². The maximum Gasteiger partial charge on any atom is 0.254 e. The van der Waals surface area contributed by atoms with Crippen molar-refractivity contribution < 1.29 is 9.53 Å². The zero-order chi connectivity index (χ0) is 19.5. The van der Waals surface area contributed by atoms with Gasteiger partial charge in [0.25, 0.3) is 5.91 Å². The lowest BCUT2D eigenvalue weighted by Gasteiger charge is -2.25. The van der Waals surface area contributed by atoms with Crippen molar-refractivity contribution in [3.05, 3.63) is 69.7 Å². The van der Waals surface area contributed by atoms with Crippen LogP contribution < -0.4 is 0 Å². The van der Waals surface area contributed by atoms with Crippen LogP contribution in [0.2, 0.25) is 0 Å². The first-order chi connectivity index (χ1) is 13.6. The average Bonchev–Trinajstić information content (AvgIpc) is 3.44. The number of amides is 1. The van der Waals surface area contributed by atoms with Gasteiger partial charge in [-0.2, -0.15) is 5.10 Å². The number of ether oxygens (including phenoxy) is 1. The summed E-state index contributed by atoms with van der Waals surface area (Å²) in [6.07, 6.45) is 2.23. The van der Waals surface area contributed by atoms with E-state index in [9.17, 15) is 4.79 Å². The third kappa shape index (κ3) is 4.18. The van der Waals surface area contributed by atoms with Crippen molar-refractivity contribution in [2.45, 2.75) is 39.3 Å². The van der Waals surface area contributed by atoms with Gasteiger partial charge in [0.2, 0.25) is 0 Å². The minimum Gasteiger partial charge on any atom is -0.376 e. The molecule has 1 amide bonds. The fourth-order valence-electron chi connectivity index (χ4n) is 3.66. The molecule has 1 fully saturated rings. The largest absolute Gasteiger partial charge is 0.376 e. The molecule has 1 aromatic carbocycles. The number of benzene rings is 1. The Morgan fingerprint density at radius 3 is 2.71 bits per heavy atom. The van der Waals surface area contributed by atoms with E-state index in [0.29, 0.717) is 18.7 Å². The van der Waals surface area contributed by atoms with Gasteiger partial charge in [0.15, 0.2) is 0 Å². The van der Waals surface area contributed by atoms with Crippen molar-refractivity contribution >= 4 is 17.2 Å². The smallest absolute Gasteiger partial charge is 0.254 e. The van der Waals surface area contributed by atoms with Crippen LogP contribution in [-0.2, 0) is 11.3 Å². The summed E-state index contributed by atoms with van der Waals surface area (Å²) < 4.78 is 7.68. The first kappa shape index (κ1) is 18.9. The van der Waals surface area contributed by atoms with Crippen molar-refractivity contribution in [3.8, 4) is 5.69 Å². The Morgan fingerprint density at radius 2 is 2.11 bits per heavy atom. The predicted molar refractivity (Wildman–Crippen MR) is 111 cm³/mol. The van der Waals surface area contributed by atoms with E-state index in [0.717, 1.165) is 36.5 Å². The molecular formula is C22H25N3O2S. The molecule has 2 aromatic heterocycles. The summed E-state index contributed by atoms with van der Waals surface area (Å²) in [5.41, 5.74) is 3.72. The van der Waals surface area contributed by atoms with Gasteiger partial charge in [-0.1, -0.05) is 6.07 Å². The van der Waals surface area contributed by atoms with E-state index in [1.165, 1.54) is 4.88 Å². The summed E-state index contributed by atoms with van der Waals surface area (Å²) in [5.74, 6) is 0.0452. The number of hydrogen-bond acceptors (Lipinski definition) is 4. The number of thiophene rings is 1. The molecule has 1 aliphatic rings. The Morgan fingerprint density at radius 1 is 1.29 bits per heavy atom. The maximum absolute atomic E-state index is 13.2. The van der Waals surface area contributed by atoms with Crippen LogP contribution in [0, 0.1) is 13.8 Å². The first-order valence-electron chi connectivity index (χ1n) is 9.67. The minimum absolute atomic E-state index is 0.0452. The molecule has 28 heavy (non-hydrogen) atoms. The normalized spacial score (nSPS) is 16.4. The standard InChI is InChI=1S/C22H25N3O2S/c1-16-13-17(2)25(23-16)19-9-7-18(8-10-19)22(26)24(14-20-5-3-11-27-20)15-21-6-4-12-28-21/h4,6-10,12-13,20H,3,5,11,14-15H2,1-2H3/t20-/m1/s1. The molecule has 3 aromatic rings. The van der Waals surface area contributed by atoms with Gasteiger partial charge in [0.05, 0.1) is 24.0 Å². The molecule has 4 rings (SSSR count). The summed E-state index contributed by atoms with van der Waals surface area (Å²) in [6.45, 7) is 6.06. The number of carbonyl (C=O) groups excluding carboxylic acids is 1. The van der Waals surface area contributed by atoms with E-state index in [-0.39, 0.29) is 12.0 Å². The van der Waals surface area contributed by atoms with Gasteiger partial charge in [0.1, 0.15) is 0 Å². The van der Waals surface area contributed by atoms with Crippen LogP contribution >= 0.6 is 11.3 Å². The second-order valence-corrected chi connectivity index (χ2v) is 8.32. The van der Waals surface area contributed by atoms with Crippen LogP contribution in [0.5, 0.6) is 0 Å². The topological polar surface area (TPSA) is 47.4 Å². The molecule has 6 heteroatoms. The summed E-state index contributed by atoms with van der Waals surface area (Å²) in [5, 5.41) is 6.56. The van der Waals surface area contributed by atoms with Crippen molar-refractivity contribution in [3.63, 3.8) is 0 Å². The maximum atomic E-state index is 13.2. The first-order valence-corrected chi connectivity index (χ1v) is 10.5. The Kier molecular flexibility index (Phi) is 5.59. The Balaban J connectivity index is 1.54. The van der Waals surface area contributed by atoms with Gasteiger partial charge in [-0.05, 0) is 68.5 Å². The summed E-state index contributed by atoms with van der Waals surface area (Å²) in [6, 6.07) is 13.9. The molecule has 1 aliphatic heterocycles. The third-order valence-corrected chi connectivity index (χ3v) is 5.89. The average molecular weight is 396 g/mol. The van der Waals surface area contributed by atoms with Crippen molar-refractivity contribution in [2.75, 3.05) is 13.2 Å². The summed E-state index contributed by atoms with van der Waals surface area (Å²) >= 11 is 1.68. The zero-order valence-electron chi connectivity index (χ0n) is 16.3. The molecule has 1 saturated heterocycles. The Bertz CT molecular complexity index is 925. The van der Waals surface area contributed by atoms with E-state index in [2.05, 4.69) is 11.2 Å². The van der Waals surface area contributed by atoms with E-state index in [1.54, 1.807) is 11.3 Å². The molecule has 0 saturated carbocycles. The van der Waals surface area contributed by atoms with Crippen LogP contribution in [0.4, 0.5) is 0 Å². The molecule has 0 spiro atoms. The highest BCUT2D eigenvalue weighted by atomic mass is 32.1. The van der Waals surface area contributed by atoms with Gasteiger partial charge < -0.3 is 9.64 Å². The quantitative estimate of drug-likeness (QED) is 0.623. The highest BCUT2D eigenvalue weighted by Crippen LogP contribution is 2.20. The van der Waals surface area contributed by atoms with Crippen molar-refractivity contribution in [1.82, 2.24) is 14.7 Å². The van der Waals surface area contributed by atoms with Crippen LogP contribution in [0.15, 0.2) is 47.8 Å². The molecule has 5 nitrogen and oxygen atoms in total. The van der Waals surface area contributed by atoms with Crippen LogP contribution in [0.3, 0.4) is 0 Å². The molecular weight excluding hydrogens is 370 g/mol. The van der Waals surface area contributed by atoms with Gasteiger partial charge in [-0.3, -0.25) is 4.79 Å². The molecule has 0 unspecified atom stereocenters. The van der Waals surface area contributed by atoms with Gasteiger partial charge in [0, 0.05) is 29.3 Å². The van der Waals surface area contributed by atoms with Gasteiger partial charge in [-0.25, -0.2) is 4.68 Å². The van der Waals surface area contributed by atoms with Gasteiger partial charge >= 0.3 is 0 Å². The second kappa shape index (κ2) is 8.29. The number of aryl methyl sites for hydroxylation is 2. The highest BCUT2D eigenvalue weighted by molar-refractivity contribution is 7.09. The summed E-state index contributed by atoms with van der Waals surface area (Å²) in [4.78, 5) is 16.3. The third-order valence-electron chi connectivity index (χ3n) is 5.03. The monoisotopic (exact) mass is 395 g/mol. The molecule has 0 aliphatic carbocycles. The molecule has 0 N–H and O–H groups in total. The molecule has 146 valence electrons. The highest BCUT2D eigenvalue weighted by Gasteiger charge is 2.24. The Hall–Kier alpha value is -2.44. The van der Waals surface area contributed by atoms with E-state index in [1.807, 2.05) is 65.2 Å². The number of carbonyl (C=O) groups is 1. The molecule has 0 bridgehead atoms. The Labute approximate surface area is 169 Å². The SMILES string of the molecule is Cc1cc(C)n(-c2ccc(C(=O)N(Cc3cccs3)C[C@H]3CCCO3)cc2)n1. The lowest BCUT2D eigenvalue weighted by Crippen LogP contribution is -2.36.